The lowest BCUT2D eigenvalue weighted by molar-refractivity contribution is -0.117. The molecule has 0 aliphatic carbocycles. The van der Waals surface area contributed by atoms with Gasteiger partial charge in [0.2, 0.25) is 5.91 Å². The Labute approximate surface area is 130 Å². The maximum atomic E-state index is 12.0. The van der Waals surface area contributed by atoms with Crippen LogP contribution in [0.15, 0.2) is 34.8 Å². The quantitative estimate of drug-likeness (QED) is 0.771. The van der Waals surface area contributed by atoms with Crippen LogP contribution in [0.1, 0.15) is 38.0 Å². The van der Waals surface area contributed by atoms with E-state index in [0.29, 0.717) is 6.42 Å². The predicted molar refractivity (Wildman–Crippen MR) is 88.6 cm³/mol. The van der Waals surface area contributed by atoms with Gasteiger partial charge in [-0.15, -0.1) is 0 Å². The summed E-state index contributed by atoms with van der Waals surface area (Å²) in [7, 11) is 0. The van der Waals surface area contributed by atoms with Crippen LogP contribution in [0.25, 0.3) is 17.0 Å². The molecule has 1 unspecified atom stereocenters. The van der Waals surface area contributed by atoms with Crippen LogP contribution < -0.4 is 5.32 Å². The largest absolute Gasteiger partial charge is 0.460 e. The zero-order valence-corrected chi connectivity index (χ0v) is 13.1. The molecule has 0 aliphatic heterocycles. The monoisotopic (exact) mass is 301 g/mol. The molecule has 1 amide bonds. The number of amides is 1. The fourth-order valence-electron chi connectivity index (χ4n) is 2.48. The van der Waals surface area contributed by atoms with E-state index in [9.17, 15) is 4.79 Å². The van der Waals surface area contributed by atoms with Gasteiger partial charge < -0.3 is 14.8 Å². The molecule has 0 aliphatic rings. The van der Waals surface area contributed by atoms with Gasteiger partial charge in [-0.1, -0.05) is 25.1 Å². The van der Waals surface area contributed by atoms with Gasteiger partial charge in [-0.3, -0.25) is 4.79 Å². The van der Waals surface area contributed by atoms with E-state index in [-0.39, 0.29) is 18.6 Å². The maximum Gasteiger partial charge on any atom is 0.244 e. The summed E-state index contributed by atoms with van der Waals surface area (Å²) in [6.45, 7) is 4.12. The SMILES string of the molecule is CCc1oc2ccccc2c1/C=C/C(=O)NC(C)CCCO. The third kappa shape index (κ3) is 3.98. The van der Waals surface area contributed by atoms with Gasteiger partial charge in [-0.05, 0) is 31.9 Å². The highest BCUT2D eigenvalue weighted by Gasteiger charge is 2.10. The molecular weight excluding hydrogens is 278 g/mol. The fourth-order valence-corrected chi connectivity index (χ4v) is 2.48. The third-order valence-corrected chi connectivity index (χ3v) is 3.62. The summed E-state index contributed by atoms with van der Waals surface area (Å²) in [5.74, 6) is 0.761. The molecule has 1 aromatic carbocycles. The molecule has 1 aromatic heterocycles. The van der Waals surface area contributed by atoms with Crippen molar-refractivity contribution >= 4 is 23.0 Å². The van der Waals surface area contributed by atoms with Crippen LogP contribution >= 0.6 is 0 Å². The van der Waals surface area contributed by atoms with Crippen molar-refractivity contribution in [3.8, 4) is 0 Å². The van der Waals surface area contributed by atoms with E-state index in [2.05, 4.69) is 5.32 Å². The molecule has 0 bridgehead atoms. The van der Waals surface area contributed by atoms with E-state index in [0.717, 1.165) is 35.1 Å². The first-order valence-corrected chi connectivity index (χ1v) is 7.75. The smallest absolute Gasteiger partial charge is 0.244 e. The Morgan fingerprint density at radius 2 is 2.18 bits per heavy atom. The number of nitrogens with one attached hydrogen (secondary N) is 1. The number of para-hydroxylation sites is 1. The van der Waals surface area contributed by atoms with Gasteiger partial charge in [-0.25, -0.2) is 0 Å². The van der Waals surface area contributed by atoms with Gasteiger partial charge in [0.15, 0.2) is 0 Å². The van der Waals surface area contributed by atoms with Crippen molar-refractivity contribution in [1.82, 2.24) is 5.32 Å². The maximum absolute atomic E-state index is 12.0. The Kier molecular flexibility index (Phi) is 5.78. The fraction of sp³-hybridized carbons (Fsp3) is 0.389. The van der Waals surface area contributed by atoms with Crippen LogP contribution in [-0.2, 0) is 11.2 Å². The molecule has 4 heteroatoms. The van der Waals surface area contributed by atoms with Crippen molar-refractivity contribution in [2.24, 2.45) is 0 Å². The summed E-state index contributed by atoms with van der Waals surface area (Å²) in [4.78, 5) is 12.0. The van der Waals surface area contributed by atoms with E-state index in [1.54, 1.807) is 6.08 Å². The Morgan fingerprint density at radius 1 is 1.41 bits per heavy atom. The molecule has 0 spiro atoms. The Bertz CT molecular complexity index is 657. The van der Waals surface area contributed by atoms with Gasteiger partial charge in [0, 0.05) is 36.1 Å². The molecule has 4 nitrogen and oxygen atoms in total. The molecule has 22 heavy (non-hydrogen) atoms. The zero-order valence-electron chi connectivity index (χ0n) is 13.1. The van der Waals surface area contributed by atoms with Crippen LogP contribution in [0.3, 0.4) is 0 Å². The zero-order chi connectivity index (χ0) is 15.9. The molecule has 0 saturated heterocycles. The van der Waals surface area contributed by atoms with Gasteiger partial charge in [0.05, 0.1) is 0 Å². The molecule has 118 valence electrons. The number of rotatable bonds is 7. The molecule has 2 aromatic rings. The molecule has 1 heterocycles. The highest BCUT2D eigenvalue weighted by molar-refractivity contribution is 5.96. The highest BCUT2D eigenvalue weighted by Crippen LogP contribution is 2.27. The van der Waals surface area contributed by atoms with Crippen LogP contribution in [0.4, 0.5) is 0 Å². The number of carbonyl (C=O) groups excluding carboxylic acids is 1. The van der Waals surface area contributed by atoms with Crippen molar-refractivity contribution in [1.29, 1.82) is 0 Å². The van der Waals surface area contributed by atoms with Crippen molar-refractivity contribution in [3.05, 3.63) is 41.7 Å². The van der Waals surface area contributed by atoms with Crippen LogP contribution in [-0.4, -0.2) is 23.7 Å². The van der Waals surface area contributed by atoms with Crippen molar-refractivity contribution in [2.75, 3.05) is 6.61 Å². The molecule has 0 radical (unpaired) electrons. The van der Waals surface area contributed by atoms with Crippen LogP contribution in [0, 0.1) is 0 Å². The van der Waals surface area contributed by atoms with E-state index in [4.69, 9.17) is 9.52 Å². The molecule has 0 saturated carbocycles. The second-order valence-electron chi connectivity index (χ2n) is 5.40. The first-order valence-electron chi connectivity index (χ1n) is 7.75. The van der Waals surface area contributed by atoms with Crippen molar-refractivity contribution < 1.29 is 14.3 Å². The topological polar surface area (TPSA) is 62.5 Å². The summed E-state index contributed by atoms with van der Waals surface area (Å²) in [6.07, 6.45) is 5.61. The number of aliphatic hydroxyl groups is 1. The number of hydrogen-bond donors (Lipinski definition) is 2. The highest BCUT2D eigenvalue weighted by atomic mass is 16.3. The second kappa shape index (κ2) is 7.80. The first kappa shape index (κ1) is 16.3. The molecule has 2 rings (SSSR count). The minimum atomic E-state index is -0.127. The summed E-state index contributed by atoms with van der Waals surface area (Å²) in [5, 5.41) is 12.7. The third-order valence-electron chi connectivity index (χ3n) is 3.62. The Morgan fingerprint density at radius 3 is 2.91 bits per heavy atom. The first-order chi connectivity index (χ1) is 10.7. The number of hydrogen-bond acceptors (Lipinski definition) is 3. The predicted octanol–water partition coefficient (Wildman–Crippen LogP) is 3.29. The van der Waals surface area contributed by atoms with Gasteiger partial charge in [-0.2, -0.15) is 0 Å². The van der Waals surface area contributed by atoms with Crippen molar-refractivity contribution in [2.45, 2.75) is 39.2 Å². The van der Waals surface area contributed by atoms with Crippen molar-refractivity contribution in [3.63, 3.8) is 0 Å². The van der Waals surface area contributed by atoms with Gasteiger partial charge >= 0.3 is 0 Å². The van der Waals surface area contributed by atoms with Gasteiger partial charge in [0.1, 0.15) is 11.3 Å². The lowest BCUT2D eigenvalue weighted by Gasteiger charge is -2.10. The lowest BCUT2D eigenvalue weighted by Crippen LogP contribution is -2.31. The summed E-state index contributed by atoms with van der Waals surface area (Å²) in [6, 6.07) is 7.89. The van der Waals surface area contributed by atoms with E-state index < -0.39 is 0 Å². The molecule has 1 atom stereocenters. The molecule has 2 N–H and O–H groups in total. The van der Waals surface area contributed by atoms with Crippen LogP contribution in [0.5, 0.6) is 0 Å². The van der Waals surface area contributed by atoms with E-state index >= 15 is 0 Å². The minimum absolute atomic E-state index is 0.0519. The minimum Gasteiger partial charge on any atom is -0.460 e. The number of benzene rings is 1. The number of furan rings is 1. The van der Waals surface area contributed by atoms with Crippen LogP contribution in [0.2, 0.25) is 0 Å². The summed E-state index contributed by atoms with van der Waals surface area (Å²) in [5.41, 5.74) is 1.81. The summed E-state index contributed by atoms with van der Waals surface area (Å²) >= 11 is 0. The standard InChI is InChI=1S/C18H23NO3/c1-3-16-15(14-8-4-5-9-17(14)22-16)10-11-18(21)19-13(2)7-6-12-20/h4-5,8-11,13,20H,3,6-7,12H2,1-2H3,(H,19,21)/b11-10+. The average molecular weight is 301 g/mol. The number of aliphatic hydroxyl groups excluding tert-OH is 1. The molecule has 0 fully saturated rings. The number of fused-ring (bicyclic) bond motifs is 1. The van der Waals surface area contributed by atoms with E-state index in [1.807, 2.05) is 44.2 Å². The Balaban J connectivity index is 2.11. The number of aryl methyl sites for hydroxylation is 1. The summed E-state index contributed by atoms with van der Waals surface area (Å²) < 4.78 is 5.80. The number of carbonyl (C=O) groups is 1. The van der Waals surface area contributed by atoms with Gasteiger partial charge in [0.25, 0.3) is 0 Å². The second-order valence-corrected chi connectivity index (χ2v) is 5.40. The Hall–Kier alpha value is -2.07. The lowest BCUT2D eigenvalue weighted by atomic mass is 10.1. The van der Waals surface area contributed by atoms with E-state index in [1.165, 1.54) is 0 Å². The average Bonchev–Trinajstić information content (AvgIpc) is 2.88. The molecular formula is C18H23NO3. The normalized spacial score (nSPS) is 12.9.